The number of hydrogen-bond donors (Lipinski definition) is 3. The summed E-state index contributed by atoms with van der Waals surface area (Å²) in [6.45, 7) is 5.74. The standard InChI is InChI=1S/C43H37ClN4O9S/c1-5-57-31-8-6-7-25(36(31)50)35-22-12-13-24-34(40(53)47(38(24)51)21-10-11-23(41(54)55)30(49)16-21)27(22)17-28-39(52)48(42(56)43(28,35)3)33-18-29(45-46(33)4)37-19(2)26-15-20(44)9-14-32(26)58-37/h6-12,14-16,18,24,27-28,34-35,49-50H,5,13,17H2,1-4H3,(H,54,55)/t24-,27+,28-,34-,35+,43+/m0/s1. The van der Waals surface area contributed by atoms with Gasteiger partial charge in [-0.15, -0.1) is 11.3 Å². The molecule has 2 aliphatic heterocycles. The molecule has 2 saturated heterocycles. The number of halogens is 1. The number of allylic oxidation sites excluding steroid dienone is 2. The van der Waals surface area contributed by atoms with Crippen molar-refractivity contribution in [3.05, 3.63) is 94.0 Å². The number of aromatic nitrogens is 2. The highest BCUT2D eigenvalue weighted by Crippen LogP contribution is 2.65. The van der Waals surface area contributed by atoms with Crippen LogP contribution in [0, 0.1) is 36.0 Å². The summed E-state index contributed by atoms with van der Waals surface area (Å²) in [5, 5.41) is 38.1. The Morgan fingerprint density at radius 1 is 1.00 bits per heavy atom. The Morgan fingerprint density at radius 3 is 2.50 bits per heavy atom. The molecular weight excluding hydrogens is 784 g/mol. The number of anilines is 2. The second kappa shape index (κ2) is 13.3. The van der Waals surface area contributed by atoms with E-state index in [0.717, 1.165) is 37.6 Å². The number of carboxylic acid groups (broad SMARTS) is 1. The van der Waals surface area contributed by atoms with Crippen LogP contribution in [-0.4, -0.2) is 61.3 Å². The number of carbonyl (C=O) groups is 5. The second-order valence-corrected chi connectivity index (χ2v) is 17.0. The third kappa shape index (κ3) is 5.20. The molecule has 0 radical (unpaired) electrons. The number of aryl methyl sites for hydroxylation is 2. The molecule has 9 rings (SSSR count). The first-order valence-electron chi connectivity index (χ1n) is 18.9. The maximum Gasteiger partial charge on any atom is 0.339 e. The van der Waals surface area contributed by atoms with Gasteiger partial charge >= 0.3 is 5.97 Å². The summed E-state index contributed by atoms with van der Waals surface area (Å²) in [4.78, 5) is 73.3. The van der Waals surface area contributed by atoms with Crippen LogP contribution in [0.5, 0.6) is 17.2 Å². The van der Waals surface area contributed by atoms with Gasteiger partial charge in [0.2, 0.25) is 23.6 Å². The van der Waals surface area contributed by atoms with Crippen molar-refractivity contribution in [1.82, 2.24) is 9.78 Å². The average molecular weight is 821 g/mol. The summed E-state index contributed by atoms with van der Waals surface area (Å²) in [7, 11) is 1.67. The monoisotopic (exact) mass is 820 g/mol. The lowest BCUT2D eigenvalue weighted by molar-refractivity contribution is -0.131. The number of amides is 4. The molecule has 296 valence electrons. The Kier molecular flexibility index (Phi) is 8.60. The number of ether oxygens (including phenoxy) is 1. The van der Waals surface area contributed by atoms with Crippen LogP contribution in [0.15, 0.2) is 72.3 Å². The van der Waals surface area contributed by atoms with Gasteiger partial charge in [0.1, 0.15) is 22.8 Å². The SMILES string of the molecule is CCOc1cccc([C@H]2C3=CC[C@@H]4C(=O)N(c5ccc(C(=O)O)c(O)c5)C(=O)[C@@H]4[C@@H]3C[C@H]3C(=O)N(c4cc(-c5sc6ccc(Cl)cc6c5C)nn4C)C(=O)[C@@]23C)c1O. The van der Waals surface area contributed by atoms with Gasteiger partial charge in [-0.2, -0.15) is 5.10 Å². The Morgan fingerprint density at radius 2 is 1.78 bits per heavy atom. The Labute approximate surface area is 340 Å². The van der Waals surface area contributed by atoms with Crippen LogP contribution < -0.4 is 14.5 Å². The number of fused-ring (bicyclic) bond motifs is 5. The molecule has 2 aromatic heterocycles. The molecular formula is C43H37ClN4O9S. The second-order valence-electron chi connectivity index (χ2n) is 15.5. The van der Waals surface area contributed by atoms with E-state index < -0.39 is 70.4 Å². The molecule has 15 heteroatoms. The van der Waals surface area contributed by atoms with Crippen molar-refractivity contribution in [2.24, 2.45) is 36.1 Å². The molecule has 4 amide bonds. The highest BCUT2D eigenvalue weighted by Gasteiger charge is 2.68. The third-order valence-electron chi connectivity index (χ3n) is 12.6. The van der Waals surface area contributed by atoms with Gasteiger partial charge in [-0.25, -0.2) is 14.6 Å². The number of carboxylic acids is 1. The van der Waals surface area contributed by atoms with Crippen LogP contribution in [0.4, 0.5) is 11.5 Å². The molecule has 3 fully saturated rings. The summed E-state index contributed by atoms with van der Waals surface area (Å²) >= 11 is 7.84. The number of imide groups is 2. The molecule has 4 heterocycles. The number of hydrogen-bond acceptors (Lipinski definition) is 10. The van der Waals surface area contributed by atoms with E-state index in [0.29, 0.717) is 21.9 Å². The lowest BCUT2D eigenvalue weighted by atomic mass is 9.51. The number of aromatic hydroxyl groups is 2. The van der Waals surface area contributed by atoms with E-state index in [2.05, 4.69) is 0 Å². The molecule has 0 bridgehead atoms. The largest absolute Gasteiger partial charge is 0.507 e. The fourth-order valence-corrected chi connectivity index (χ4v) is 11.2. The van der Waals surface area contributed by atoms with Crippen LogP contribution >= 0.6 is 22.9 Å². The summed E-state index contributed by atoms with van der Waals surface area (Å²) in [6.07, 6.45) is 2.06. The zero-order valence-corrected chi connectivity index (χ0v) is 33.3. The predicted octanol–water partition coefficient (Wildman–Crippen LogP) is 7.21. The fourth-order valence-electron chi connectivity index (χ4n) is 9.93. The van der Waals surface area contributed by atoms with Gasteiger partial charge in [0, 0.05) is 40.4 Å². The minimum atomic E-state index is -1.45. The van der Waals surface area contributed by atoms with E-state index in [4.69, 9.17) is 21.4 Å². The zero-order valence-electron chi connectivity index (χ0n) is 31.7. The summed E-state index contributed by atoms with van der Waals surface area (Å²) < 4.78 is 8.29. The van der Waals surface area contributed by atoms with Crippen molar-refractivity contribution < 1.29 is 44.0 Å². The van der Waals surface area contributed by atoms with Gasteiger partial charge in [-0.1, -0.05) is 35.4 Å². The number of carbonyl (C=O) groups excluding carboxylic acids is 4. The number of para-hydroxylation sites is 1. The minimum absolute atomic E-state index is 0.0231. The normalized spacial score (nSPS) is 25.3. The van der Waals surface area contributed by atoms with Crippen molar-refractivity contribution >= 4 is 74.1 Å². The molecule has 58 heavy (non-hydrogen) atoms. The van der Waals surface area contributed by atoms with Crippen LogP contribution in [0.25, 0.3) is 20.7 Å². The number of nitrogens with zero attached hydrogens (tertiary/aromatic N) is 4. The van der Waals surface area contributed by atoms with Crippen molar-refractivity contribution in [2.45, 2.75) is 39.5 Å². The lowest BCUT2D eigenvalue weighted by Crippen LogP contribution is -2.49. The van der Waals surface area contributed by atoms with E-state index in [1.807, 2.05) is 31.2 Å². The fraction of sp³-hybridized carbons (Fsp3) is 0.302. The minimum Gasteiger partial charge on any atom is -0.507 e. The van der Waals surface area contributed by atoms with Crippen LogP contribution in [-0.2, 0) is 26.2 Å². The zero-order chi connectivity index (χ0) is 41.1. The Bertz CT molecular complexity index is 2700. The van der Waals surface area contributed by atoms with E-state index in [1.54, 1.807) is 45.2 Å². The first-order chi connectivity index (χ1) is 27.7. The van der Waals surface area contributed by atoms with E-state index in [1.165, 1.54) is 27.0 Å². The molecule has 0 unspecified atom stereocenters. The third-order valence-corrected chi connectivity index (χ3v) is 14.1. The molecule has 6 atom stereocenters. The van der Waals surface area contributed by atoms with Crippen molar-refractivity contribution in [2.75, 3.05) is 16.4 Å². The lowest BCUT2D eigenvalue weighted by Gasteiger charge is -2.49. The molecule has 0 spiro atoms. The van der Waals surface area contributed by atoms with Gasteiger partial charge in [-0.3, -0.25) is 23.9 Å². The Balaban J connectivity index is 1.16. The van der Waals surface area contributed by atoms with Crippen molar-refractivity contribution in [1.29, 1.82) is 0 Å². The molecule has 1 saturated carbocycles. The quantitative estimate of drug-likeness (QED) is 0.112. The molecule has 13 nitrogen and oxygen atoms in total. The van der Waals surface area contributed by atoms with Gasteiger partial charge < -0.3 is 20.1 Å². The van der Waals surface area contributed by atoms with Crippen LogP contribution in [0.2, 0.25) is 5.02 Å². The number of thiophene rings is 1. The molecule has 2 aliphatic carbocycles. The smallest absolute Gasteiger partial charge is 0.339 e. The molecule has 4 aliphatic rings. The molecule has 5 aromatic rings. The molecule has 3 aromatic carbocycles. The van der Waals surface area contributed by atoms with Gasteiger partial charge in [0.05, 0.1) is 40.3 Å². The highest BCUT2D eigenvalue weighted by molar-refractivity contribution is 7.22. The Hall–Kier alpha value is -5.99. The number of phenols is 2. The maximum absolute atomic E-state index is 15.2. The predicted molar refractivity (Wildman–Crippen MR) is 215 cm³/mol. The summed E-state index contributed by atoms with van der Waals surface area (Å²) in [5.74, 6) is -8.11. The number of aromatic carboxylic acids is 1. The number of rotatable bonds is 7. The first kappa shape index (κ1) is 37.6. The van der Waals surface area contributed by atoms with E-state index >= 15 is 4.79 Å². The highest BCUT2D eigenvalue weighted by atomic mass is 35.5. The number of benzene rings is 3. The average Bonchev–Trinajstić information content (AvgIpc) is 3.86. The first-order valence-corrected chi connectivity index (χ1v) is 20.1. The number of phenolic OH excluding ortho intramolecular Hbond substituents is 1. The van der Waals surface area contributed by atoms with Gasteiger partial charge in [-0.05, 0) is 86.9 Å². The van der Waals surface area contributed by atoms with E-state index in [9.17, 15) is 34.5 Å². The van der Waals surface area contributed by atoms with Crippen molar-refractivity contribution in [3.8, 4) is 27.8 Å². The maximum atomic E-state index is 15.2. The topological polar surface area (TPSA) is 180 Å². The van der Waals surface area contributed by atoms with Crippen molar-refractivity contribution in [3.63, 3.8) is 0 Å². The van der Waals surface area contributed by atoms with Gasteiger partial charge in [0.15, 0.2) is 11.5 Å². The van der Waals surface area contributed by atoms with Gasteiger partial charge in [0.25, 0.3) is 0 Å². The molecule has 3 N–H and O–H groups in total. The summed E-state index contributed by atoms with van der Waals surface area (Å²) in [5.41, 5.74) is 0.727. The summed E-state index contributed by atoms with van der Waals surface area (Å²) in [6, 6.07) is 15.9. The van der Waals surface area contributed by atoms with E-state index in [-0.39, 0.29) is 48.0 Å². The van der Waals surface area contributed by atoms with Crippen LogP contribution in [0.3, 0.4) is 0 Å². The van der Waals surface area contributed by atoms with Crippen LogP contribution in [0.1, 0.15) is 54.1 Å².